The molecule has 1 fully saturated rings. The molecule has 1 saturated heterocycles. The second-order valence-electron chi connectivity index (χ2n) is 6.24. The highest BCUT2D eigenvalue weighted by Crippen LogP contribution is 2.23. The summed E-state index contributed by atoms with van der Waals surface area (Å²) in [5, 5.41) is 9.26. The fourth-order valence-electron chi connectivity index (χ4n) is 3.29. The monoisotopic (exact) mass is 321 g/mol. The minimum absolute atomic E-state index is 0.443. The molecule has 0 bridgehead atoms. The van der Waals surface area contributed by atoms with Crippen LogP contribution >= 0.6 is 0 Å². The topological polar surface area (TPSA) is 56.1 Å². The van der Waals surface area contributed by atoms with Gasteiger partial charge in [0.25, 0.3) is 0 Å². The molecule has 0 radical (unpaired) electrons. The average Bonchev–Trinajstić information content (AvgIpc) is 2.67. The van der Waals surface area contributed by atoms with E-state index < -0.39 is 0 Å². The molecule has 0 amide bonds. The SMILES string of the molecule is CN(c1ncccc1C#N)C1CCN(CCc2ccccn2)CC1. The third-order valence-electron chi connectivity index (χ3n) is 4.76. The van der Waals surface area contributed by atoms with Gasteiger partial charge in [-0.1, -0.05) is 6.07 Å². The zero-order chi connectivity index (χ0) is 16.8. The molecule has 0 aliphatic carbocycles. The molecule has 2 aromatic heterocycles. The summed E-state index contributed by atoms with van der Waals surface area (Å²) >= 11 is 0. The summed E-state index contributed by atoms with van der Waals surface area (Å²) in [6.07, 6.45) is 6.81. The van der Waals surface area contributed by atoms with E-state index in [0.29, 0.717) is 11.6 Å². The van der Waals surface area contributed by atoms with Gasteiger partial charge < -0.3 is 9.80 Å². The average molecular weight is 321 g/mol. The van der Waals surface area contributed by atoms with Gasteiger partial charge in [0.2, 0.25) is 0 Å². The highest BCUT2D eigenvalue weighted by Gasteiger charge is 2.24. The zero-order valence-electron chi connectivity index (χ0n) is 14.1. The van der Waals surface area contributed by atoms with Gasteiger partial charge in [-0.15, -0.1) is 0 Å². The molecule has 24 heavy (non-hydrogen) atoms. The van der Waals surface area contributed by atoms with Crippen molar-refractivity contribution in [3.8, 4) is 6.07 Å². The Morgan fingerprint density at radius 1 is 1.17 bits per heavy atom. The number of hydrogen-bond donors (Lipinski definition) is 0. The van der Waals surface area contributed by atoms with Crippen LogP contribution in [0.3, 0.4) is 0 Å². The maximum absolute atomic E-state index is 9.26. The number of nitriles is 1. The lowest BCUT2D eigenvalue weighted by atomic mass is 10.0. The van der Waals surface area contributed by atoms with Crippen molar-refractivity contribution in [2.24, 2.45) is 0 Å². The van der Waals surface area contributed by atoms with Crippen LogP contribution in [0.25, 0.3) is 0 Å². The molecule has 0 spiro atoms. The van der Waals surface area contributed by atoms with E-state index in [0.717, 1.165) is 50.4 Å². The van der Waals surface area contributed by atoms with Gasteiger partial charge in [-0.05, 0) is 37.1 Å². The molecule has 1 aliphatic rings. The van der Waals surface area contributed by atoms with Gasteiger partial charge in [0, 0.05) is 57.2 Å². The Bertz CT molecular complexity index is 686. The van der Waals surface area contributed by atoms with Gasteiger partial charge in [0.1, 0.15) is 11.9 Å². The summed E-state index contributed by atoms with van der Waals surface area (Å²) < 4.78 is 0. The van der Waals surface area contributed by atoms with Crippen molar-refractivity contribution in [2.75, 3.05) is 31.6 Å². The first kappa shape index (κ1) is 16.4. The lowest BCUT2D eigenvalue weighted by Crippen LogP contribution is -2.44. The van der Waals surface area contributed by atoms with E-state index in [4.69, 9.17) is 0 Å². The van der Waals surface area contributed by atoms with Crippen LogP contribution in [0.1, 0.15) is 24.1 Å². The van der Waals surface area contributed by atoms with Crippen molar-refractivity contribution in [1.29, 1.82) is 5.26 Å². The first-order chi connectivity index (χ1) is 11.8. The van der Waals surface area contributed by atoms with Crippen molar-refractivity contribution < 1.29 is 0 Å². The quantitative estimate of drug-likeness (QED) is 0.847. The molecule has 3 heterocycles. The number of rotatable bonds is 5. The van der Waals surface area contributed by atoms with Crippen LogP contribution in [0.4, 0.5) is 5.82 Å². The first-order valence-electron chi connectivity index (χ1n) is 8.48. The van der Waals surface area contributed by atoms with Gasteiger partial charge in [-0.3, -0.25) is 4.98 Å². The maximum atomic E-state index is 9.26. The van der Waals surface area contributed by atoms with E-state index in [9.17, 15) is 5.26 Å². The van der Waals surface area contributed by atoms with Gasteiger partial charge in [-0.25, -0.2) is 4.98 Å². The molecular weight excluding hydrogens is 298 g/mol. The predicted molar refractivity (Wildman–Crippen MR) is 94.8 cm³/mol. The standard InChI is InChI=1S/C19H23N5/c1-23(19-16(15-20)5-4-11-22-19)18-8-13-24(14-9-18)12-7-17-6-2-3-10-21-17/h2-6,10-11,18H,7-9,12-14H2,1H3. The summed E-state index contributed by atoms with van der Waals surface area (Å²) in [5.74, 6) is 0.798. The summed E-state index contributed by atoms with van der Waals surface area (Å²) in [5.41, 5.74) is 1.81. The van der Waals surface area contributed by atoms with Gasteiger partial charge in [0.15, 0.2) is 0 Å². The zero-order valence-corrected chi connectivity index (χ0v) is 14.1. The Labute approximate surface area is 143 Å². The molecule has 0 unspecified atom stereocenters. The van der Waals surface area contributed by atoms with Gasteiger partial charge in [-0.2, -0.15) is 5.26 Å². The smallest absolute Gasteiger partial charge is 0.146 e. The van der Waals surface area contributed by atoms with E-state index in [-0.39, 0.29) is 0 Å². The van der Waals surface area contributed by atoms with Crippen LogP contribution in [0.2, 0.25) is 0 Å². The predicted octanol–water partition coefficient (Wildman–Crippen LogP) is 2.49. The van der Waals surface area contributed by atoms with E-state index >= 15 is 0 Å². The molecule has 0 atom stereocenters. The number of piperidine rings is 1. The Balaban J connectivity index is 1.52. The molecule has 5 heteroatoms. The Morgan fingerprint density at radius 3 is 2.67 bits per heavy atom. The number of aromatic nitrogens is 2. The fourth-order valence-corrected chi connectivity index (χ4v) is 3.29. The molecule has 5 nitrogen and oxygen atoms in total. The van der Waals surface area contributed by atoms with Crippen molar-refractivity contribution in [3.63, 3.8) is 0 Å². The normalized spacial score (nSPS) is 15.8. The van der Waals surface area contributed by atoms with Crippen LogP contribution in [-0.2, 0) is 6.42 Å². The molecule has 3 rings (SSSR count). The molecule has 0 saturated carbocycles. The number of hydrogen-bond acceptors (Lipinski definition) is 5. The van der Waals surface area contributed by atoms with E-state index in [2.05, 4.69) is 39.0 Å². The Morgan fingerprint density at radius 2 is 1.96 bits per heavy atom. The Hall–Kier alpha value is -2.45. The first-order valence-corrected chi connectivity index (χ1v) is 8.48. The van der Waals surface area contributed by atoms with Crippen LogP contribution in [0.5, 0.6) is 0 Å². The number of nitrogens with zero attached hydrogens (tertiary/aromatic N) is 5. The van der Waals surface area contributed by atoms with Crippen LogP contribution in [0.15, 0.2) is 42.7 Å². The van der Waals surface area contributed by atoms with E-state index in [1.54, 1.807) is 6.20 Å². The lowest BCUT2D eigenvalue weighted by Gasteiger charge is -2.37. The summed E-state index contributed by atoms with van der Waals surface area (Å²) in [6, 6.07) is 12.4. The third kappa shape index (κ3) is 3.90. The molecule has 124 valence electrons. The highest BCUT2D eigenvalue weighted by molar-refractivity contribution is 5.53. The van der Waals surface area contributed by atoms with E-state index in [1.807, 2.05) is 30.5 Å². The Kier molecular flexibility index (Phi) is 5.39. The van der Waals surface area contributed by atoms with Gasteiger partial charge >= 0.3 is 0 Å². The van der Waals surface area contributed by atoms with Crippen molar-refractivity contribution in [3.05, 3.63) is 54.0 Å². The minimum atomic E-state index is 0.443. The third-order valence-corrected chi connectivity index (χ3v) is 4.76. The van der Waals surface area contributed by atoms with Crippen molar-refractivity contribution >= 4 is 5.82 Å². The molecule has 0 N–H and O–H groups in total. The largest absolute Gasteiger partial charge is 0.356 e. The van der Waals surface area contributed by atoms with Crippen LogP contribution in [-0.4, -0.2) is 47.6 Å². The summed E-state index contributed by atoms with van der Waals surface area (Å²) in [7, 11) is 2.05. The number of anilines is 1. The van der Waals surface area contributed by atoms with Crippen LogP contribution < -0.4 is 4.90 Å². The molecular formula is C19H23N5. The number of likely N-dealkylation sites (tertiary alicyclic amines) is 1. The van der Waals surface area contributed by atoms with Gasteiger partial charge in [0.05, 0.1) is 5.56 Å². The second-order valence-corrected chi connectivity index (χ2v) is 6.24. The lowest BCUT2D eigenvalue weighted by molar-refractivity contribution is 0.212. The van der Waals surface area contributed by atoms with E-state index in [1.165, 1.54) is 0 Å². The summed E-state index contributed by atoms with van der Waals surface area (Å²) in [4.78, 5) is 13.5. The van der Waals surface area contributed by atoms with Crippen molar-refractivity contribution in [1.82, 2.24) is 14.9 Å². The van der Waals surface area contributed by atoms with Crippen molar-refractivity contribution in [2.45, 2.75) is 25.3 Å². The van der Waals surface area contributed by atoms with Crippen LogP contribution in [0, 0.1) is 11.3 Å². The summed E-state index contributed by atoms with van der Waals surface area (Å²) in [6.45, 7) is 3.22. The molecule has 0 aromatic carbocycles. The second kappa shape index (κ2) is 7.89. The molecule has 2 aromatic rings. The maximum Gasteiger partial charge on any atom is 0.146 e. The molecule has 1 aliphatic heterocycles. The minimum Gasteiger partial charge on any atom is -0.356 e. The highest BCUT2D eigenvalue weighted by atomic mass is 15.2. The fraction of sp³-hybridized carbons (Fsp3) is 0.421. The number of pyridine rings is 2.